The number of para-hydroxylation sites is 1. The first-order valence-electron chi connectivity index (χ1n) is 10.4. The number of Topliss-reactive ketones (excluding diaryl/α,β-unsaturated/α-hetero) is 1. The van der Waals surface area contributed by atoms with Crippen molar-refractivity contribution in [2.45, 2.75) is 31.1 Å². The molecule has 0 unspecified atom stereocenters. The largest absolute Gasteiger partial charge is 0.444 e. The molecule has 0 bridgehead atoms. The number of aliphatic hydroxyl groups is 1. The van der Waals surface area contributed by atoms with E-state index in [0.717, 1.165) is 11.1 Å². The van der Waals surface area contributed by atoms with Crippen molar-refractivity contribution >= 4 is 17.4 Å². The molecule has 7 nitrogen and oxygen atoms in total. The maximum atomic E-state index is 13.8. The van der Waals surface area contributed by atoms with Gasteiger partial charge in [-0.05, 0) is 24.5 Å². The Labute approximate surface area is 185 Å². The van der Waals surface area contributed by atoms with E-state index in [4.69, 9.17) is 10.5 Å². The summed E-state index contributed by atoms with van der Waals surface area (Å²) in [6.07, 6.45) is 0.556. The van der Waals surface area contributed by atoms with Gasteiger partial charge < -0.3 is 15.6 Å². The van der Waals surface area contributed by atoms with Crippen LogP contribution in [0.15, 0.2) is 71.3 Å². The fourth-order valence-corrected chi connectivity index (χ4v) is 5.17. The predicted molar refractivity (Wildman–Crippen MR) is 116 cm³/mol. The van der Waals surface area contributed by atoms with Crippen molar-refractivity contribution in [3.8, 4) is 6.07 Å². The lowest BCUT2D eigenvalue weighted by Gasteiger charge is -2.39. The third kappa shape index (κ3) is 2.50. The first kappa shape index (κ1) is 20.0. The molecule has 5 rings (SSSR count). The number of aryl methyl sites for hydroxylation is 1. The van der Waals surface area contributed by atoms with Crippen LogP contribution in [0.2, 0.25) is 0 Å². The smallest absolute Gasteiger partial charge is 0.249 e. The highest BCUT2D eigenvalue weighted by molar-refractivity contribution is 6.20. The van der Waals surface area contributed by atoms with E-state index in [1.807, 2.05) is 37.3 Å². The van der Waals surface area contributed by atoms with Gasteiger partial charge >= 0.3 is 0 Å². The lowest BCUT2D eigenvalue weighted by atomic mass is 9.63. The zero-order valence-electron chi connectivity index (χ0n) is 17.5. The van der Waals surface area contributed by atoms with Gasteiger partial charge in [-0.25, -0.2) is 0 Å². The first-order chi connectivity index (χ1) is 15.4. The van der Waals surface area contributed by atoms with E-state index in [-0.39, 0.29) is 35.2 Å². The number of carbonyl (C=O) groups excluding carboxylic acids is 2. The van der Waals surface area contributed by atoms with Gasteiger partial charge in [-0.15, -0.1) is 0 Å². The molecule has 2 aliphatic heterocycles. The molecule has 0 aromatic heterocycles. The number of fused-ring (bicyclic) bond motifs is 3. The van der Waals surface area contributed by atoms with E-state index in [1.54, 1.807) is 24.3 Å². The van der Waals surface area contributed by atoms with Crippen molar-refractivity contribution in [2.75, 3.05) is 11.6 Å². The predicted octanol–water partition coefficient (Wildman–Crippen LogP) is 2.65. The lowest BCUT2D eigenvalue weighted by molar-refractivity contribution is -0.125. The Kier molecular flexibility index (Phi) is 4.43. The molecule has 3 aliphatic rings. The minimum Gasteiger partial charge on any atom is -0.444 e. The summed E-state index contributed by atoms with van der Waals surface area (Å²) >= 11 is 0. The molecule has 2 aromatic rings. The molecule has 1 aliphatic carbocycles. The molecule has 32 heavy (non-hydrogen) atoms. The van der Waals surface area contributed by atoms with E-state index in [9.17, 15) is 20.0 Å². The summed E-state index contributed by atoms with van der Waals surface area (Å²) in [5, 5.41) is 19.9. The number of ether oxygens (including phenoxy) is 1. The number of rotatable bonds is 2. The van der Waals surface area contributed by atoms with Gasteiger partial charge in [0, 0.05) is 18.4 Å². The van der Waals surface area contributed by atoms with Crippen molar-refractivity contribution in [3.05, 3.63) is 88.0 Å². The molecule has 0 saturated carbocycles. The number of benzene rings is 2. The van der Waals surface area contributed by atoms with Gasteiger partial charge in [-0.3, -0.25) is 14.5 Å². The molecule has 1 spiro atoms. The maximum absolute atomic E-state index is 13.8. The monoisotopic (exact) mass is 427 g/mol. The standard InChI is InChI=1S/C25H21N3O4/c1-14-6-8-15(9-7-14)16-10-20(30)22-21(11-16)32-23(27)18(12-26)25(22)17-4-2-3-5-19(17)28(13-29)24(25)31/h2-9,16,29H,10-11,13,27H2,1H3/t16-,25-/m1/s1. The first-order valence-corrected chi connectivity index (χ1v) is 10.4. The highest BCUT2D eigenvalue weighted by Gasteiger charge is 2.62. The van der Waals surface area contributed by atoms with Crippen LogP contribution in [0.4, 0.5) is 5.69 Å². The zero-order chi connectivity index (χ0) is 22.6. The molecule has 3 N–H and O–H groups in total. The fraction of sp³-hybridized carbons (Fsp3) is 0.240. The topological polar surface area (TPSA) is 117 Å². The van der Waals surface area contributed by atoms with Gasteiger partial charge in [-0.2, -0.15) is 5.26 Å². The Morgan fingerprint density at radius 3 is 2.59 bits per heavy atom. The van der Waals surface area contributed by atoms with Crippen molar-refractivity contribution in [1.29, 1.82) is 5.26 Å². The highest BCUT2D eigenvalue weighted by atomic mass is 16.5. The Balaban J connectivity index is 1.73. The number of aliphatic hydroxyl groups excluding tert-OH is 1. The normalized spacial score (nSPS) is 24.4. The van der Waals surface area contributed by atoms with Gasteiger partial charge in [-0.1, -0.05) is 48.0 Å². The average molecular weight is 427 g/mol. The number of anilines is 1. The number of hydrogen-bond acceptors (Lipinski definition) is 6. The maximum Gasteiger partial charge on any atom is 0.249 e. The van der Waals surface area contributed by atoms with Crippen LogP contribution < -0.4 is 10.6 Å². The molecule has 1 amide bonds. The van der Waals surface area contributed by atoms with E-state index in [2.05, 4.69) is 0 Å². The van der Waals surface area contributed by atoms with Crippen LogP contribution in [-0.4, -0.2) is 23.5 Å². The molecule has 0 radical (unpaired) electrons. The van der Waals surface area contributed by atoms with E-state index in [0.29, 0.717) is 23.4 Å². The summed E-state index contributed by atoms with van der Waals surface area (Å²) in [6.45, 7) is 1.41. The van der Waals surface area contributed by atoms with Crippen LogP contribution in [0.1, 0.15) is 35.4 Å². The molecule has 7 heteroatoms. The van der Waals surface area contributed by atoms with Gasteiger partial charge in [0.05, 0.1) is 11.3 Å². The SMILES string of the molecule is Cc1ccc([C@@H]2CC(=O)C3=C(C2)OC(N)=C(C#N)[C@@]32C(=O)N(CO)c3ccccc32)cc1. The average Bonchev–Trinajstić information content (AvgIpc) is 3.02. The van der Waals surface area contributed by atoms with Crippen molar-refractivity contribution in [2.24, 2.45) is 5.73 Å². The molecule has 160 valence electrons. The molecule has 0 fully saturated rings. The van der Waals surface area contributed by atoms with Crippen LogP contribution in [0.3, 0.4) is 0 Å². The van der Waals surface area contributed by atoms with Crippen LogP contribution in [0, 0.1) is 18.3 Å². The van der Waals surface area contributed by atoms with Crippen LogP contribution in [-0.2, 0) is 19.7 Å². The van der Waals surface area contributed by atoms with Crippen molar-refractivity contribution in [3.63, 3.8) is 0 Å². The number of hydrogen-bond donors (Lipinski definition) is 2. The second-order valence-corrected chi connectivity index (χ2v) is 8.33. The Morgan fingerprint density at radius 2 is 1.91 bits per heavy atom. The second kappa shape index (κ2) is 7.08. The van der Waals surface area contributed by atoms with Crippen molar-refractivity contribution < 1.29 is 19.4 Å². The number of carbonyl (C=O) groups is 2. The number of ketones is 1. The summed E-state index contributed by atoms with van der Waals surface area (Å²) < 4.78 is 5.82. The van der Waals surface area contributed by atoms with Crippen molar-refractivity contribution in [1.82, 2.24) is 0 Å². The zero-order valence-corrected chi connectivity index (χ0v) is 17.5. The van der Waals surface area contributed by atoms with Crippen LogP contribution in [0.25, 0.3) is 0 Å². The Bertz CT molecular complexity index is 1270. The summed E-state index contributed by atoms with van der Waals surface area (Å²) in [5.74, 6) is -0.840. The molecule has 2 heterocycles. The third-order valence-electron chi connectivity index (χ3n) is 6.62. The number of nitrogens with two attached hydrogens (primary N) is 1. The molecular weight excluding hydrogens is 406 g/mol. The Hall–Kier alpha value is -3.89. The number of amides is 1. The minimum atomic E-state index is -1.71. The van der Waals surface area contributed by atoms with Gasteiger partial charge in [0.15, 0.2) is 5.78 Å². The summed E-state index contributed by atoms with van der Waals surface area (Å²) in [4.78, 5) is 28.5. The minimum absolute atomic E-state index is 0.119. The highest BCUT2D eigenvalue weighted by Crippen LogP contribution is 2.56. The van der Waals surface area contributed by atoms with Gasteiger partial charge in [0.2, 0.25) is 11.8 Å². The summed E-state index contributed by atoms with van der Waals surface area (Å²) in [6, 6.07) is 16.8. The third-order valence-corrected chi connectivity index (χ3v) is 6.62. The van der Waals surface area contributed by atoms with E-state index >= 15 is 0 Å². The number of nitrogens with zero attached hydrogens (tertiary/aromatic N) is 2. The molecule has 2 aromatic carbocycles. The van der Waals surface area contributed by atoms with Gasteiger partial charge in [0.25, 0.3) is 0 Å². The number of nitriles is 1. The molecular formula is C25H21N3O4. The molecule has 0 saturated heterocycles. The second-order valence-electron chi connectivity index (χ2n) is 8.33. The van der Waals surface area contributed by atoms with Gasteiger partial charge in [0.1, 0.15) is 29.5 Å². The van der Waals surface area contributed by atoms with E-state index < -0.39 is 18.1 Å². The van der Waals surface area contributed by atoms with E-state index in [1.165, 1.54) is 4.90 Å². The fourth-order valence-electron chi connectivity index (χ4n) is 5.17. The summed E-state index contributed by atoms with van der Waals surface area (Å²) in [5.41, 5.74) is 7.51. The van der Waals surface area contributed by atoms with Crippen LogP contribution >= 0.6 is 0 Å². The lowest BCUT2D eigenvalue weighted by Crippen LogP contribution is -2.49. The molecule has 2 atom stereocenters. The Morgan fingerprint density at radius 1 is 1.19 bits per heavy atom. The van der Waals surface area contributed by atoms with Crippen LogP contribution in [0.5, 0.6) is 0 Å². The quantitative estimate of drug-likeness (QED) is 0.761. The number of allylic oxidation sites excluding steroid dienone is 1. The summed E-state index contributed by atoms with van der Waals surface area (Å²) in [7, 11) is 0.